The van der Waals surface area contributed by atoms with E-state index in [1.807, 2.05) is 6.92 Å². The molecule has 1 heterocycles. The van der Waals surface area contributed by atoms with Crippen LogP contribution in [0.3, 0.4) is 0 Å². The summed E-state index contributed by atoms with van der Waals surface area (Å²) < 4.78 is 15.5. The lowest BCUT2D eigenvalue weighted by Crippen LogP contribution is -2.48. The van der Waals surface area contributed by atoms with E-state index in [1.54, 1.807) is 14.2 Å². The van der Waals surface area contributed by atoms with Gasteiger partial charge in [0.15, 0.2) is 6.29 Å². The summed E-state index contributed by atoms with van der Waals surface area (Å²) in [5.74, 6) is 0. The molecule has 1 aliphatic rings. The molecule has 2 unspecified atom stereocenters. The van der Waals surface area contributed by atoms with Crippen molar-refractivity contribution in [1.82, 2.24) is 0 Å². The van der Waals surface area contributed by atoms with Gasteiger partial charge in [-0.3, -0.25) is 0 Å². The average Bonchev–Trinajstić information content (AvgIpc) is 2.03. The molecule has 1 N–H and O–H groups in total. The SMILES string of the molecule is COC1C[C@H](O)OC(C)[C@@H]1OC. The van der Waals surface area contributed by atoms with Crippen molar-refractivity contribution >= 4 is 0 Å². The van der Waals surface area contributed by atoms with Crippen LogP contribution in [0.4, 0.5) is 0 Å². The van der Waals surface area contributed by atoms with Crippen molar-refractivity contribution in [2.45, 2.75) is 37.9 Å². The predicted molar refractivity (Wildman–Crippen MR) is 42.8 cm³/mol. The summed E-state index contributed by atoms with van der Waals surface area (Å²) in [5.41, 5.74) is 0. The molecule has 72 valence electrons. The van der Waals surface area contributed by atoms with Gasteiger partial charge in [0, 0.05) is 20.6 Å². The van der Waals surface area contributed by atoms with Gasteiger partial charge in [0.2, 0.25) is 0 Å². The van der Waals surface area contributed by atoms with Crippen molar-refractivity contribution in [2.75, 3.05) is 14.2 Å². The molecule has 1 aliphatic heterocycles. The Bertz CT molecular complexity index is 139. The summed E-state index contributed by atoms with van der Waals surface area (Å²) in [6, 6.07) is 0. The molecule has 12 heavy (non-hydrogen) atoms. The molecule has 4 nitrogen and oxygen atoms in total. The third-order valence-corrected chi connectivity index (χ3v) is 2.21. The van der Waals surface area contributed by atoms with Gasteiger partial charge in [0.05, 0.1) is 12.2 Å². The van der Waals surface area contributed by atoms with Crippen LogP contribution < -0.4 is 0 Å². The molecule has 1 rings (SSSR count). The lowest BCUT2D eigenvalue weighted by Gasteiger charge is -2.36. The smallest absolute Gasteiger partial charge is 0.157 e. The van der Waals surface area contributed by atoms with E-state index < -0.39 is 6.29 Å². The second kappa shape index (κ2) is 4.18. The van der Waals surface area contributed by atoms with Crippen LogP contribution in [0.5, 0.6) is 0 Å². The topological polar surface area (TPSA) is 47.9 Å². The third-order valence-electron chi connectivity index (χ3n) is 2.21. The highest BCUT2D eigenvalue weighted by Crippen LogP contribution is 2.22. The van der Waals surface area contributed by atoms with Crippen LogP contribution >= 0.6 is 0 Å². The molecule has 4 heteroatoms. The van der Waals surface area contributed by atoms with Crippen LogP contribution in [0.2, 0.25) is 0 Å². The minimum atomic E-state index is -0.726. The van der Waals surface area contributed by atoms with Gasteiger partial charge < -0.3 is 19.3 Å². The highest BCUT2D eigenvalue weighted by Gasteiger charge is 2.35. The first-order chi connectivity index (χ1) is 5.69. The molecular formula is C8H16O4. The average molecular weight is 176 g/mol. The Morgan fingerprint density at radius 1 is 1.33 bits per heavy atom. The summed E-state index contributed by atoms with van der Waals surface area (Å²) >= 11 is 0. The van der Waals surface area contributed by atoms with Gasteiger partial charge in [-0.15, -0.1) is 0 Å². The van der Waals surface area contributed by atoms with Crippen molar-refractivity contribution in [2.24, 2.45) is 0 Å². The first kappa shape index (κ1) is 9.92. The van der Waals surface area contributed by atoms with E-state index in [2.05, 4.69) is 0 Å². The quantitative estimate of drug-likeness (QED) is 0.650. The second-order valence-electron chi connectivity index (χ2n) is 3.01. The van der Waals surface area contributed by atoms with Gasteiger partial charge in [-0.1, -0.05) is 0 Å². The van der Waals surface area contributed by atoms with E-state index in [1.165, 1.54) is 0 Å². The van der Waals surface area contributed by atoms with Crippen LogP contribution in [-0.2, 0) is 14.2 Å². The van der Waals surface area contributed by atoms with Crippen molar-refractivity contribution in [3.05, 3.63) is 0 Å². The summed E-state index contributed by atoms with van der Waals surface area (Å²) in [7, 11) is 3.23. The molecule has 0 radical (unpaired) electrons. The third kappa shape index (κ3) is 1.95. The van der Waals surface area contributed by atoms with E-state index in [-0.39, 0.29) is 18.3 Å². The molecule has 1 saturated heterocycles. The number of aliphatic hydroxyl groups excluding tert-OH is 1. The molecule has 0 amide bonds. The van der Waals surface area contributed by atoms with Crippen LogP contribution in [-0.4, -0.2) is 43.9 Å². The fraction of sp³-hybridized carbons (Fsp3) is 1.00. The maximum Gasteiger partial charge on any atom is 0.157 e. The number of ether oxygens (including phenoxy) is 3. The first-order valence-corrected chi connectivity index (χ1v) is 4.08. The molecular weight excluding hydrogens is 160 g/mol. The number of rotatable bonds is 2. The molecule has 0 aromatic heterocycles. The number of hydrogen-bond acceptors (Lipinski definition) is 4. The Labute approximate surface area is 72.4 Å². The Morgan fingerprint density at radius 2 is 2.00 bits per heavy atom. The fourth-order valence-corrected chi connectivity index (χ4v) is 1.59. The van der Waals surface area contributed by atoms with Crippen molar-refractivity contribution < 1.29 is 19.3 Å². The molecule has 0 aliphatic carbocycles. The van der Waals surface area contributed by atoms with Crippen molar-refractivity contribution in [3.8, 4) is 0 Å². The number of aliphatic hydroxyl groups is 1. The largest absolute Gasteiger partial charge is 0.378 e. The van der Waals surface area contributed by atoms with Gasteiger partial charge in [0.25, 0.3) is 0 Å². The van der Waals surface area contributed by atoms with E-state index in [0.717, 1.165) is 0 Å². The molecule has 0 bridgehead atoms. The van der Waals surface area contributed by atoms with Gasteiger partial charge >= 0.3 is 0 Å². The zero-order valence-corrected chi connectivity index (χ0v) is 7.69. The second-order valence-corrected chi connectivity index (χ2v) is 3.01. The van der Waals surface area contributed by atoms with Gasteiger partial charge in [0.1, 0.15) is 6.10 Å². The molecule has 1 fully saturated rings. The van der Waals surface area contributed by atoms with Crippen molar-refractivity contribution in [3.63, 3.8) is 0 Å². The van der Waals surface area contributed by atoms with Crippen LogP contribution in [0, 0.1) is 0 Å². The summed E-state index contributed by atoms with van der Waals surface area (Å²) in [4.78, 5) is 0. The van der Waals surface area contributed by atoms with Crippen LogP contribution in [0.15, 0.2) is 0 Å². The van der Waals surface area contributed by atoms with E-state index in [4.69, 9.17) is 14.2 Å². The number of hydrogen-bond donors (Lipinski definition) is 1. The lowest BCUT2D eigenvalue weighted by molar-refractivity contribution is -0.237. The highest BCUT2D eigenvalue weighted by atomic mass is 16.6. The first-order valence-electron chi connectivity index (χ1n) is 4.08. The Morgan fingerprint density at radius 3 is 2.50 bits per heavy atom. The highest BCUT2D eigenvalue weighted by molar-refractivity contribution is 4.81. The van der Waals surface area contributed by atoms with Crippen LogP contribution in [0.1, 0.15) is 13.3 Å². The standard InChI is InChI=1S/C8H16O4/c1-5-8(11-3)6(10-2)4-7(9)12-5/h5-9H,4H2,1-3H3/t5?,6?,7-,8+/m1/s1. The molecule has 0 aromatic carbocycles. The lowest BCUT2D eigenvalue weighted by atomic mass is 10.0. The summed E-state index contributed by atoms with van der Waals surface area (Å²) in [6.07, 6.45) is -0.536. The maximum absolute atomic E-state index is 9.24. The maximum atomic E-state index is 9.24. The summed E-state index contributed by atoms with van der Waals surface area (Å²) in [6.45, 7) is 1.86. The summed E-state index contributed by atoms with van der Waals surface area (Å²) in [5, 5.41) is 9.24. The number of methoxy groups -OCH3 is 2. The molecule has 0 spiro atoms. The Balaban J connectivity index is 2.56. The van der Waals surface area contributed by atoms with Gasteiger partial charge in [-0.05, 0) is 6.92 Å². The Hall–Kier alpha value is -0.160. The zero-order chi connectivity index (χ0) is 9.14. The monoisotopic (exact) mass is 176 g/mol. The minimum absolute atomic E-state index is 0.0752. The van der Waals surface area contributed by atoms with Crippen LogP contribution in [0.25, 0.3) is 0 Å². The van der Waals surface area contributed by atoms with E-state index >= 15 is 0 Å². The van der Waals surface area contributed by atoms with E-state index in [9.17, 15) is 5.11 Å². The molecule has 0 saturated carbocycles. The fourth-order valence-electron chi connectivity index (χ4n) is 1.59. The Kier molecular flexibility index (Phi) is 3.46. The van der Waals surface area contributed by atoms with E-state index in [0.29, 0.717) is 6.42 Å². The predicted octanol–water partition coefficient (Wildman–Crippen LogP) is 0.144. The van der Waals surface area contributed by atoms with Gasteiger partial charge in [-0.25, -0.2) is 0 Å². The zero-order valence-electron chi connectivity index (χ0n) is 7.69. The van der Waals surface area contributed by atoms with Crippen molar-refractivity contribution in [1.29, 1.82) is 0 Å². The molecule has 4 atom stereocenters. The van der Waals surface area contributed by atoms with Gasteiger partial charge in [-0.2, -0.15) is 0 Å². The molecule has 0 aromatic rings. The normalized spacial score (nSPS) is 43.0. The minimum Gasteiger partial charge on any atom is -0.378 e.